The van der Waals surface area contributed by atoms with Crippen LogP contribution < -0.4 is 55.7 Å². The molecule has 19 atom stereocenters. The van der Waals surface area contributed by atoms with Crippen molar-refractivity contribution in [3.63, 3.8) is 0 Å². The van der Waals surface area contributed by atoms with Crippen LogP contribution in [0.3, 0.4) is 0 Å². The summed E-state index contributed by atoms with van der Waals surface area (Å²) < 4.78 is 36.3. The minimum absolute atomic E-state index is 0.0553. The smallest absolute Gasteiger partial charge is 0.194 e. The molecule has 22 N–H and O–H groups in total. The molecule has 24 nitrogen and oxygen atoms in total. The summed E-state index contributed by atoms with van der Waals surface area (Å²) >= 11 is 11.0. The number of thiocarbonyl (C=S) groups is 2. The van der Waals surface area contributed by atoms with Crippen LogP contribution in [0.25, 0.3) is 0 Å². The molecular weight excluding hydrogens is 933 g/mol. The van der Waals surface area contributed by atoms with E-state index >= 15 is 0 Å². The maximum atomic E-state index is 13.2. The number of nitrogens with two attached hydrogens (primary N) is 6. The molecule has 2 aliphatic carbocycles. The second-order valence-electron chi connectivity index (χ2n) is 17.4. The monoisotopic (exact) mass is 994 g/mol. The van der Waals surface area contributed by atoms with Crippen LogP contribution in [-0.4, -0.2) is 201 Å². The number of fused-ring (bicyclic) bond motifs is 2. The highest BCUT2D eigenvalue weighted by Crippen LogP contribution is 2.35. The number of nitrogens with one attached hydrogen (secondary N) is 4. The first-order valence-electron chi connectivity index (χ1n) is 22.2. The van der Waals surface area contributed by atoms with E-state index < -0.39 is 116 Å². The van der Waals surface area contributed by atoms with Crippen molar-refractivity contribution >= 4 is 46.2 Å². The predicted molar refractivity (Wildman–Crippen MR) is 247 cm³/mol. The lowest BCUT2D eigenvalue weighted by molar-refractivity contribution is -0.306. The van der Waals surface area contributed by atoms with E-state index in [1.165, 1.54) is 0 Å². The predicted octanol–water partition coefficient (Wildman–Crippen LogP) is -6.98. The quantitative estimate of drug-likeness (QED) is 0.0497. The summed E-state index contributed by atoms with van der Waals surface area (Å²) in [4.78, 5) is 26.1. The number of hydrogen-bond acceptors (Lipinski definition) is 22. The lowest BCUT2D eigenvalue weighted by Crippen LogP contribution is -2.68. The van der Waals surface area contributed by atoms with Gasteiger partial charge >= 0.3 is 0 Å². The highest BCUT2D eigenvalue weighted by Gasteiger charge is 2.54. The van der Waals surface area contributed by atoms with Gasteiger partial charge in [-0.25, -0.2) is 0 Å². The van der Waals surface area contributed by atoms with Crippen molar-refractivity contribution in [2.45, 2.75) is 129 Å². The van der Waals surface area contributed by atoms with E-state index in [1.54, 1.807) is 42.5 Å². The number of aliphatic hydroxyl groups is 6. The Labute approximate surface area is 401 Å². The lowest BCUT2D eigenvalue weighted by Gasteiger charge is -2.47. The fraction of sp³-hybridized carbons (Fsp3) is 0.619. The number of ether oxygens (including phenoxy) is 6. The molecule has 1 unspecified atom stereocenters. The Morgan fingerprint density at radius 3 is 1.65 bits per heavy atom. The van der Waals surface area contributed by atoms with Gasteiger partial charge in [-0.05, 0) is 48.6 Å². The van der Waals surface area contributed by atoms with Gasteiger partial charge in [-0.1, -0.05) is 30.3 Å². The molecule has 0 bridgehead atoms. The van der Waals surface area contributed by atoms with E-state index in [0.29, 0.717) is 33.9 Å². The molecule has 376 valence electrons. The molecule has 2 aromatic carbocycles. The number of carbonyl (C=O) groups is 2. The van der Waals surface area contributed by atoms with E-state index in [9.17, 15) is 40.2 Å². The molecule has 0 amide bonds. The SMILES string of the molecule is NCC1O[C@H](O[C@H]2[C@@H](O)[C@H](O[C@@H]3[C@@H](O)[C@H](N)C[C@H](N)[C@H]3O[C@H]3O[C@H](CN)[C@@H](O)[C@H](O)[C@H]3N)O[C@@H]2CNC(=S)NCCNC(=S)NCc2ccc3c(c2)C(=O)c2ccccc2C3=O)[C@H](N)[C@@H](O)[C@@H]1O. The number of aliphatic hydroxyl groups excluding tert-OH is 6. The normalized spacial score (nSPS) is 38.0. The molecule has 3 saturated heterocycles. The van der Waals surface area contributed by atoms with E-state index in [1.807, 2.05) is 0 Å². The molecule has 1 saturated carbocycles. The standard InChI is InChI=1S/C42H62N10O14S2/c43-11-22-30(56)32(58)25(47)38(61-22)64-35-21(46)10-20(45)29(55)37(35)66-40-34(60)36(65-39-26(48)33(59)31(57)23(12-44)62-39)24(63-40)14-52-42(68)50-8-7-49-41(67)51-13-15-5-6-18-19(9-15)28(54)17-4-2-1-3-16(17)27(18)53/h1-6,9,20-26,29-40,55-60H,7-8,10-14,43-48H2,(H2,49,51,67)(H2,50,52,68)/t20-,21+,22-,23?,24-,25-,26-,29+,30-,31-,32-,33-,34-,35-,36-,37-,38-,39-,40+/m1/s1. The molecule has 26 heteroatoms. The summed E-state index contributed by atoms with van der Waals surface area (Å²) in [6.07, 6.45) is -20.4. The van der Waals surface area contributed by atoms with Crippen LogP contribution >= 0.6 is 24.4 Å². The molecule has 3 aliphatic heterocycles. The molecule has 2 aromatic rings. The molecule has 0 aromatic heterocycles. The molecule has 0 radical (unpaired) electrons. The van der Waals surface area contributed by atoms with Gasteiger partial charge in [0.2, 0.25) is 0 Å². The number of benzene rings is 2. The summed E-state index contributed by atoms with van der Waals surface area (Å²) in [5.74, 6) is -0.424. The Morgan fingerprint density at radius 1 is 0.574 bits per heavy atom. The Bertz CT molecular complexity index is 2120. The van der Waals surface area contributed by atoms with E-state index in [0.717, 1.165) is 5.56 Å². The first-order valence-corrected chi connectivity index (χ1v) is 23.0. The molecule has 7 rings (SSSR count). The van der Waals surface area contributed by atoms with Crippen LogP contribution in [0.1, 0.15) is 43.8 Å². The van der Waals surface area contributed by atoms with Crippen LogP contribution in [0.5, 0.6) is 0 Å². The zero-order valence-corrected chi connectivity index (χ0v) is 38.3. The maximum absolute atomic E-state index is 13.2. The number of carbonyl (C=O) groups excluding carboxylic acids is 2. The Hall–Kier alpha value is -3.56. The van der Waals surface area contributed by atoms with Gasteiger partial charge < -0.3 is 115 Å². The van der Waals surface area contributed by atoms with Crippen LogP contribution in [0.4, 0.5) is 0 Å². The topological polar surface area (TPSA) is 415 Å². The number of rotatable bonds is 15. The van der Waals surface area contributed by atoms with Crippen molar-refractivity contribution in [1.29, 1.82) is 0 Å². The average Bonchev–Trinajstić information content (AvgIpc) is 3.62. The van der Waals surface area contributed by atoms with Gasteiger partial charge in [0.05, 0.1) is 18.2 Å². The van der Waals surface area contributed by atoms with Crippen molar-refractivity contribution < 1.29 is 68.6 Å². The van der Waals surface area contributed by atoms with Crippen LogP contribution in [0.2, 0.25) is 0 Å². The van der Waals surface area contributed by atoms with Crippen LogP contribution in [-0.2, 0) is 35.0 Å². The summed E-state index contributed by atoms with van der Waals surface area (Å²) in [5, 5.41) is 77.9. The Kier molecular flexibility index (Phi) is 17.4. The second-order valence-corrected chi connectivity index (χ2v) is 18.2. The van der Waals surface area contributed by atoms with Gasteiger partial charge in [0.15, 0.2) is 40.7 Å². The third-order valence-electron chi connectivity index (χ3n) is 12.8. The fourth-order valence-electron chi connectivity index (χ4n) is 8.87. The van der Waals surface area contributed by atoms with Crippen molar-refractivity contribution in [3.05, 3.63) is 70.3 Å². The van der Waals surface area contributed by atoms with E-state index in [2.05, 4.69) is 21.3 Å². The van der Waals surface area contributed by atoms with Gasteiger partial charge in [0, 0.05) is 73.6 Å². The summed E-state index contributed by atoms with van der Waals surface area (Å²) in [5.41, 5.74) is 38.8. The highest BCUT2D eigenvalue weighted by atomic mass is 32.1. The zero-order chi connectivity index (χ0) is 49.1. The Balaban J connectivity index is 0.954. The summed E-state index contributed by atoms with van der Waals surface area (Å²) in [6.45, 7) is 0.374. The van der Waals surface area contributed by atoms with Crippen molar-refractivity contribution in [1.82, 2.24) is 21.3 Å². The zero-order valence-electron chi connectivity index (χ0n) is 36.7. The third-order valence-corrected chi connectivity index (χ3v) is 13.4. The van der Waals surface area contributed by atoms with E-state index in [-0.39, 0.29) is 55.8 Å². The summed E-state index contributed by atoms with van der Waals surface area (Å²) in [6, 6.07) is 7.42. The largest absolute Gasteiger partial charge is 0.389 e. The first-order chi connectivity index (χ1) is 32.4. The minimum atomic E-state index is -1.65. The Morgan fingerprint density at radius 2 is 1.07 bits per heavy atom. The van der Waals surface area contributed by atoms with Gasteiger partial charge in [-0.3, -0.25) is 9.59 Å². The number of ketones is 2. The van der Waals surface area contributed by atoms with Crippen molar-refractivity contribution in [3.8, 4) is 0 Å². The second kappa shape index (κ2) is 22.7. The summed E-state index contributed by atoms with van der Waals surface area (Å²) in [7, 11) is 0. The third kappa shape index (κ3) is 11.1. The van der Waals surface area contributed by atoms with Crippen molar-refractivity contribution in [2.75, 3.05) is 32.7 Å². The molecule has 3 heterocycles. The molecule has 68 heavy (non-hydrogen) atoms. The number of hydrogen-bond donors (Lipinski definition) is 16. The molecule has 4 fully saturated rings. The maximum Gasteiger partial charge on any atom is 0.194 e. The van der Waals surface area contributed by atoms with Crippen molar-refractivity contribution in [2.24, 2.45) is 34.4 Å². The average molecular weight is 995 g/mol. The lowest BCUT2D eigenvalue weighted by atomic mass is 9.83. The van der Waals surface area contributed by atoms with E-state index in [4.69, 9.17) is 87.3 Å². The molecule has 5 aliphatic rings. The van der Waals surface area contributed by atoms with Crippen LogP contribution in [0.15, 0.2) is 42.5 Å². The minimum Gasteiger partial charge on any atom is -0.389 e. The van der Waals surface area contributed by atoms with Gasteiger partial charge in [-0.15, -0.1) is 0 Å². The van der Waals surface area contributed by atoms with Gasteiger partial charge in [-0.2, -0.15) is 0 Å². The molecular formula is C42H62N10O14S2. The fourth-order valence-corrected chi connectivity index (χ4v) is 9.23. The van der Waals surface area contributed by atoms with Crippen LogP contribution in [0, 0.1) is 0 Å². The van der Waals surface area contributed by atoms with Gasteiger partial charge in [0.25, 0.3) is 0 Å². The van der Waals surface area contributed by atoms with Gasteiger partial charge in [0.1, 0.15) is 67.1 Å². The molecule has 0 spiro atoms. The highest BCUT2D eigenvalue weighted by molar-refractivity contribution is 7.80. The first kappa shape index (κ1) is 52.3.